The van der Waals surface area contributed by atoms with E-state index in [1.54, 1.807) is 24.3 Å². The molecule has 0 radical (unpaired) electrons. The lowest BCUT2D eigenvalue weighted by molar-refractivity contribution is 0.0712. The first-order chi connectivity index (χ1) is 64.8. The van der Waals surface area contributed by atoms with Gasteiger partial charge in [-0.2, -0.15) is 0 Å². The summed E-state index contributed by atoms with van der Waals surface area (Å²) in [6, 6.07) is 48.9. The second kappa shape index (κ2) is 57.2. The zero-order chi connectivity index (χ0) is 94.0. The van der Waals surface area contributed by atoms with Crippen molar-refractivity contribution in [2.24, 2.45) is 0 Å². The van der Waals surface area contributed by atoms with Gasteiger partial charge in [-0.25, -0.2) is 55.9 Å². The molecule has 24 heteroatoms. The van der Waals surface area contributed by atoms with Gasteiger partial charge in [0.2, 0.25) is 0 Å². The van der Waals surface area contributed by atoms with Crippen LogP contribution in [0.25, 0.3) is 0 Å². The Morgan fingerprint density at radius 1 is 0.180 bits per heavy atom. The van der Waals surface area contributed by atoms with Crippen LogP contribution in [0, 0.1) is 23.3 Å². The Labute approximate surface area is 776 Å². The number of carbonyl (C=O) groups excluding carboxylic acids is 8. The van der Waals surface area contributed by atoms with Gasteiger partial charge in [-0.05, 0) is 232 Å². The molecule has 704 valence electrons. The largest absolute Gasteiger partial charge is 0.494 e. The fourth-order valence-corrected chi connectivity index (χ4v) is 14.5. The minimum Gasteiger partial charge on any atom is -0.494 e. The molecule has 10 rings (SSSR count). The molecule has 0 unspecified atom stereocenters. The molecule has 0 bridgehead atoms. The quantitative estimate of drug-likeness (QED) is 0.0149. The highest BCUT2D eigenvalue weighted by atomic mass is 19.1. The minimum absolute atomic E-state index is 0.0136. The van der Waals surface area contributed by atoms with E-state index in [2.05, 4.69) is 13.8 Å². The lowest BCUT2D eigenvalue weighted by Gasteiger charge is -2.10. The van der Waals surface area contributed by atoms with E-state index in [4.69, 9.17) is 56.8 Å². The van der Waals surface area contributed by atoms with Gasteiger partial charge in [-0.3, -0.25) is 0 Å². The number of carbonyl (C=O) groups is 8. The Morgan fingerprint density at radius 2 is 0.368 bits per heavy atom. The van der Waals surface area contributed by atoms with Gasteiger partial charge in [-0.15, -0.1) is 0 Å². The van der Waals surface area contributed by atoms with Crippen molar-refractivity contribution < 1.29 is 113 Å². The number of unbranched alkanes of at least 4 members (excludes halogenated alkanes) is 32. The first kappa shape index (κ1) is 102. The first-order valence-corrected chi connectivity index (χ1v) is 46.9. The fraction of sp³-hybridized carbons (Fsp3) is 0.376. The Bertz CT molecular complexity index is 4970. The van der Waals surface area contributed by atoms with Crippen LogP contribution in [0.1, 0.15) is 321 Å². The highest BCUT2D eigenvalue weighted by molar-refractivity contribution is 5.96. The topological polar surface area (TPSA) is 247 Å². The summed E-state index contributed by atoms with van der Waals surface area (Å²) in [5.41, 5.74) is -0.301. The van der Waals surface area contributed by atoms with Crippen molar-refractivity contribution in [3.05, 3.63) is 286 Å². The normalized spacial score (nSPS) is 11.0. The second-order valence-electron chi connectivity index (χ2n) is 32.8. The lowest BCUT2D eigenvalue weighted by Crippen LogP contribution is -2.12. The molecule has 20 nitrogen and oxygen atoms in total. The first-order valence-electron chi connectivity index (χ1n) is 46.9. The molecule has 0 amide bonds. The minimum atomic E-state index is -1.04. The maximum Gasteiger partial charge on any atom is 0.346 e. The van der Waals surface area contributed by atoms with Crippen LogP contribution in [0.3, 0.4) is 0 Å². The van der Waals surface area contributed by atoms with Crippen LogP contribution in [-0.2, 0) is 0 Å². The fourth-order valence-electron chi connectivity index (χ4n) is 14.5. The third-order valence-corrected chi connectivity index (χ3v) is 22.2. The van der Waals surface area contributed by atoms with E-state index in [1.165, 1.54) is 299 Å². The molecule has 10 aromatic carbocycles. The monoisotopic (exact) mass is 1820 g/mol. The van der Waals surface area contributed by atoms with Gasteiger partial charge >= 0.3 is 47.8 Å². The molecular formula is C109H120F4O20. The molecule has 0 N–H and O–H groups in total. The summed E-state index contributed by atoms with van der Waals surface area (Å²) in [6.45, 7) is 6.15. The number of benzene rings is 10. The predicted molar refractivity (Wildman–Crippen MR) is 499 cm³/mol. The van der Waals surface area contributed by atoms with Crippen LogP contribution in [0.15, 0.2) is 218 Å². The Balaban J connectivity index is 0.524. The maximum absolute atomic E-state index is 15.3. The lowest BCUT2D eigenvalue weighted by atomic mass is 10.0. The average Bonchev–Trinajstić information content (AvgIpc) is 0.837. The van der Waals surface area contributed by atoms with Crippen LogP contribution in [0.5, 0.6) is 69.0 Å². The smallest absolute Gasteiger partial charge is 0.346 e. The van der Waals surface area contributed by atoms with E-state index in [1.807, 2.05) is 0 Å². The van der Waals surface area contributed by atoms with Crippen molar-refractivity contribution in [3.8, 4) is 69.0 Å². The number of hydrogen-bond donors (Lipinski definition) is 0. The van der Waals surface area contributed by atoms with E-state index in [0.717, 1.165) is 120 Å². The molecule has 0 heterocycles. The average molecular weight is 1830 g/mol. The molecule has 0 fully saturated rings. The summed E-state index contributed by atoms with van der Waals surface area (Å²) in [6.07, 6.45) is 41.0. The van der Waals surface area contributed by atoms with Gasteiger partial charge < -0.3 is 56.8 Å². The molecule has 0 atom stereocenters. The number of halogens is 4. The molecule has 10 aromatic rings. The second-order valence-corrected chi connectivity index (χ2v) is 32.8. The van der Waals surface area contributed by atoms with Gasteiger partial charge in [0, 0.05) is 12.1 Å². The van der Waals surface area contributed by atoms with E-state index < -0.39 is 82.2 Å². The van der Waals surface area contributed by atoms with E-state index >= 15 is 8.78 Å². The molecule has 0 saturated heterocycles. The van der Waals surface area contributed by atoms with Crippen molar-refractivity contribution in [2.75, 3.05) is 26.4 Å². The third-order valence-electron chi connectivity index (χ3n) is 22.2. The Kier molecular flexibility index (Phi) is 43.9. The molecule has 0 aliphatic rings. The number of hydrogen-bond acceptors (Lipinski definition) is 20. The van der Waals surface area contributed by atoms with Crippen LogP contribution in [0.4, 0.5) is 17.6 Å². The summed E-state index contributed by atoms with van der Waals surface area (Å²) in [7, 11) is 0. The van der Waals surface area contributed by atoms with Crippen molar-refractivity contribution in [1.29, 1.82) is 0 Å². The summed E-state index contributed by atoms with van der Waals surface area (Å²) in [5.74, 6) is -8.72. The van der Waals surface area contributed by atoms with Gasteiger partial charge in [-0.1, -0.05) is 213 Å². The third kappa shape index (κ3) is 36.5. The molecular weight excluding hydrogens is 1710 g/mol. The highest BCUT2D eigenvalue weighted by Crippen LogP contribution is 2.31. The van der Waals surface area contributed by atoms with Crippen LogP contribution in [-0.4, -0.2) is 74.2 Å². The van der Waals surface area contributed by atoms with Crippen LogP contribution in [0.2, 0.25) is 0 Å². The van der Waals surface area contributed by atoms with E-state index in [0.29, 0.717) is 37.9 Å². The maximum atomic E-state index is 15.3. The van der Waals surface area contributed by atoms with Crippen LogP contribution < -0.4 is 56.8 Å². The van der Waals surface area contributed by atoms with Crippen molar-refractivity contribution in [3.63, 3.8) is 0 Å². The van der Waals surface area contributed by atoms with Crippen molar-refractivity contribution >= 4 is 47.8 Å². The highest BCUT2D eigenvalue weighted by Gasteiger charge is 2.23. The summed E-state index contributed by atoms with van der Waals surface area (Å²) >= 11 is 0. The summed E-state index contributed by atoms with van der Waals surface area (Å²) in [5, 5.41) is 0. The van der Waals surface area contributed by atoms with Gasteiger partial charge in [0.25, 0.3) is 0 Å². The molecule has 133 heavy (non-hydrogen) atoms. The number of ether oxygens (including phenoxy) is 12. The molecule has 0 saturated carbocycles. The molecule has 0 aromatic heterocycles. The number of rotatable bonds is 60. The molecule has 0 spiro atoms. The van der Waals surface area contributed by atoms with E-state index in [9.17, 15) is 47.1 Å². The summed E-state index contributed by atoms with van der Waals surface area (Å²) < 4.78 is 127. The Hall–Kier alpha value is -13.1. The van der Waals surface area contributed by atoms with Crippen LogP contribution >= 0.6 is 0 Å². The predicted octanol–water partition coefficient (Wildman–Crippen LogP) is 27.9. The number of esters is 8. The molecule has 0 aliphatic carbocycles. The summed E-state index contributed by atoms with van der Waals surface area (Å²) in [4.78, 5) is 104. The van der Waals surface area contributed by atoms with Crippen molar-refractivity contribution in [2.45, 2.75) is 239 Å². The van der Waals surface area contributed by atoms with Gasteiger partial charge in [0.15, 0.2) is 23.1 Å². The van der Waals surface area contributed by atoms with E-state index in [-0.39, 0.29) is 90.9 Å². The van der Waals surface area contributed by atoms with Gasteiger partial charge in [0.1, 0.15) is 69.1 Å². The molecule has 0 aliphatic heterocycles. The Morgan fingerprint density at radius 3 is 0.609 bits per heavy atom. The standard InChI is InChI=1S/C109H120F4O20/c1-3-5-7-9-11-13-15-17-19-21-23-26-32-36-72-124-100-68-46-82(74-98(100)112)106(118)128-86-52-42-80(43-53-86)102(114)126-88-56-60-90(61-57-88)130-108(120)94-66-64-92(76-96(94)110)132-104(116)78-38-48-84(49-39-78)122-70-34-30-28-25-29-31-35-71-123-85-50-40-79(41-51-85)105(117)133-93-65-67-95(97(111)77-93)109(121)131-91-62-58-89(59-63-91)127-103(115)81-44-54-87(55-45-81)129-107(119)83-47-69-101(99(113)75-83)125-73-37-33-27-24-22-20-18-16-14-12-10-8-6-4-2/h38-69,74-77H,3-37,70-73H2,1-2H3. The zero-order valence-corrected chi connectivity index (χ0v) is 76.0. The SMILES string of the molecule is CCCCCCCCCCCCCCCCOc1ccc(C(=O)Oc2ccc(C(=O)Oc3ccc(OC(=O)c4ccc(OC(=O)c5ccc(OCCCCCCCCCOc6ccc(C(=O)Oc7ccc(C(=O)Oc8ccc(OC(=O)c9ccc(OC(=O)c%10ccc(OCCCCCCCCCCCCCCCC)c(F)c%10)cc9)cc8)c(F)c7)cc6)cc5)cc4F)cc3)cc2)cc1F. The van der Waals surface area contributed by atoms with Crippen molar-refractivity contribution in [1.82, 2.24) is 0 Å². The zero-order valence-electron chi connectivity index (χ0n) is 76.0. The van der Waals surface area contributed by atoms with Gasteiger partial charge in [0.05, 0.1) is 70.9 Å².